The van der Waals surface area contributed by atoms with E-state index in [0.29, 0.717) is 0 Å². The number of halogens is 2. The minimum Gasteiger partial charge on any atom is -0.314 e. The third-order valence-electron chi connectivity index (χ3n) is 4.17. The maximum Gasteiger partial charge on any atom is 0.159 e. The third kappa shape index (κ3) is 3.12. The van der Waals surface area contributed by atoms with Crippen molar-refractivity contribution in [3.63, 3.8) is 0 Å². The summed E-state index contributed by atoms with van der Waals surface area (Å²) in [6.07, 6.45) is 3.64. The smallest absolute Gasteiger partial charge is 0.159 e. The van der Waals surface area contributed by atoms with Gasteiger partial charge in [-0.2, -0.15) is 0 Å². The lowest BCUT2D eigenvalue weighted by molar-refractivity contribution is 0.160. The van der Waals surface area contributed by atoms with Crippen molar-refractivity contribution in [3.05, 3.63) is 35.4 Å². The Morgan fingerprint density at radius 1 is 1.16 bits per heavy atom. The lowest BCUT2D eigenvalue weighted by Crippen LogP contribution is -2.45. The Morgan fingerprint density at radius 3 is 2.53 bits per heavy atom. The molecule has 1 saturated heterocycles. The fraction of sp³-hybridized carbons (Fsp3) is 0.600. The van der Waals surface area contributed by atoms with Gasteiger partial charge in [0.05, 0.1) is 0 Å². The number of rotatable bonds is 4. The quantitative estimate of drug-likeness (QED) is 0.901. The molecule has 1 saturated carbocycles. The topological polar surface area (TPSA) is 15.3 Å². The average Bonchev–Trinajstić information content (AvgIpc) is 3.24. The molecule has 1 atom stereocenters. The van der Waals surface area contributed by atoms with Crippen molar-refractivity contribution in [1.29, 1.82) is 0 Å². The molecular weight excluding hydrogens is 246 g/mol. The molecule has 3 rings (SSSR count). The van der Waals surface area contributed by atoms with Crippen LogP contribution in [0, 0.1) is 17.6 Å². The van der Waals surface area contributed by atoms with Crippen molar-refractivity contribution in [1.82, 2.24) is 10.2 Å². The lowest BCUT2D eigenvalue weighted by atomic mass is 9.98. The zero-order valence-electron chi connectivity index (χ0n) is 11.0. The molecule has 0 bridgehead atoms. The first-order valence-electron chi connectivity index (χ1n) is 7.14. The Labute approximate surface area is 112 Å². The summed E-state index contributed by atoms with van der Waals surface area (Å²) in [4.78, 5) is 2.40. The van der Waals surface area contributed by atoms with Gasteiger partial charge in [-0.05, 0) is 30.0 Å². The monoisotopic (exact) mass is 266 g/mol. The molecule has 2 fully saturated rings. The Hall–Kier alpha value is -1.00. The summed E-state index contributed by atoms with van der Waals surface area (Å²) in [5, 5.41) is 3.33. The van der Waals surface area contributed by atoms with Gasteiger partial charge < -0.3 is 5.32 Å². The van der Waals surface area contributed by atoms with E-state index in [-0.39, 0.29) is 6.04 Å². The average molecular weight is 266 g/mol. The Bertz CT molecular complexity index is 440. The molecule has 19 heavy (non-hydrogen) atoms. The van der Waals surface area contributed by atoms with Gasteiger partial charge in [-0.25, -0.2) is 8.78 Å². The summed E-state index contributed by atoms with van der Waals surface area (Å²) in [6.45, 7) is 3.92. The van der Waals surface area contributed by atoms with Gasteiger partial charge in [-0.1, -0.05) is 18.9 Å². The highest BCUT2D eigenvalue weighted by Gasteiger charge is 2.30. The van der Waals surface area contributed by atoms with Crippen LogP contribution >= 0.6 is 0 Å². The zero-order chi connectivity index (χ0) is 13.2. The van der Waals surface area contributed by atoms with Crippen LogP contribution in [0.15, 0.2) is 18.2 Å². The van der Waals surface area contributed by atoms with Crippen molar-refractivity contribution in [2.75, 3.05) is 26.2 Å². The van der Waals surface area contributed by atoms with Gasteiger partial charge in [0.15, 0.2) is 11.6 Å². The number of hydrogen-bond acceptors (Lipinski definition) is 2. The van der Waals surface area contributed by atoms with Crippen LogP contribution in [0.5, 0.6) is 0 Å². The normalized spacial score (nSPS) is 22.4. The van der Waals surface area contributed by atoms with E-state index in [1.54, 1.807) is 6.07 Å². The van der Waals surface area contributed by atoms with Crippen LogP contribution in [0.2, 0.25) is 0 Å². The van der Waals surface area contributed by atoms with Crippen molar-refractivity contribution < 1.29 is 8.78 Å². The SMILES string of the molecule is Fc1ccc([C@H](CC2CC2)N2CCNCC2)cc1F. The molecule has 1 aliphatic heterocycles. The standard InChI is InChI=1S/C15H20F2N2/c16-13-4-3-12(10-14(13)17)15(9-11-1-2-11)19-7-5-18-6-8-19/h3-4,10-11,15,18H,1-2,5-9H2/t15-/m0/s1. The summed E-state index contributed by atoms with van der Waals surface area (Å²) < 4.78 is 26.5. The van der Waals surface area contributed by atoms with Gasteiger partial charge in [-0.3, -0.25) is 4.90 Å². The number of nitrogens with one attached hydrogen (secondary N) is 1. The maximum atomic E-state index is 13.5. The lowest BCUT2D eigenvalue weighted by Gasteiger charge is -2.35. The molecule has 2 nitrogen and oxygen atoms in total. The summed E-state index contributed by atoms with van der Waals surface area (Å²) in [7, 11) is 0. The fourth-order valence-electron chi connectivity index (χ4n) is 2.88. The second-order valence-electron chi connectivity index (χ2n) is 5.65. The number of nitrogens with zero attached hydrogens (tertiary/aromatic N) is 1. The van der Waals surface area contributed by atoms with Crippen molar-refractivity contribution in [2.45, 2.75) is 25.3 Å². The summed E-state index contributed by atoms with van der Waals surface area (Å²) in [6, 6.07) is 4.62. The van der Waals surface area contributed by atoms with Crippen LogP contribution in [-0.4, -0.2) is 31.1 Å². The minimum atomic E-state index is -0.755. The highest BCUT2D eigenvalue weighted by molar-refractivity contribution is 5.22. The first kappa shape index (κ1) is 13.0. The van der Waals surface area contributed by atoms with Crippen LogP contribution in [0.4, 0.5) is 8.78 Å². The van der Waals surface area contributed by atoms with E-state index in [1.807, 2.05) is 0 Å². The highest BCUT2D eigenvalue weighted by atomic mass is 19.2. The molecular formula is C15H20F2N2. The molecule has 0 amide bonds. The van der Waals surface area contributed by atoms with Crippen molar-refractivity contribution in [2.24, 2.45) is 5.92 Å². The largest absolute Gasteiger partial charge is 0.314 e. The molecule has 1 aliphatic carbocycles. The van der Waals surface area contributed by atoms with E-state index in [2.05, 4.69) is 10.2 Å². The second kappa shape index (κ2) is 5.55. The molecule has 1 heterocycles. The first-order chi connectivity index (χ1) is 9.24. The van der Waals surface area contributed by atoms with Crippen LogP contribution in [-0.2, 0) is 0 Å². The van der Waals surface area contributed by atoms with E-state index in [0.717, 1.165) is 44.1 Å². The maximum absolute atomic E-state index is 13.5. The van der Waals surface area contributed by atoms with Crippen LogP contribution in [0.1, 0.15) is 30.9 Å². The first-order valence-corrected chi connectivity index (χ1v) is 7.14. The van der Waals surface area contributed by atoms with Gasteiger partial charge in [0, 0.05) is 32.2 Å². The van der Waals surface area contributed by atoms with Gasteiger partial charge in [0.1, 0.15) is 0 Å². The van der Waals surface area contributed by atoms with Gasteiger partial charge >= 0.3 is 0 Å². The molecule has 0 radical (unpaired) electrons. The predicted octanol–water partition coefficient (Wildman–Crippen LogP) is 2.71. The van der Waals surface area contributed by atoms with Crippen molar-refractivity contribution >= 4 is 0 Å². The van der Waals surface area contributed by atoms with E-state index < -0.39 is 11.6 Å². The summed E-state index contributed by atoms with van der Waals surface area (Å²) in [5.74, 6) is -0.712. The minimum absolute atomic E-state index is 0.240. The molecule has 0 spiro atoms. The molecule has 4 heteroatoms. The third-order valence-corrected chi connectivity index (χ3v) is 4.17. The fourth-order valence-corrected chi connectivity index (χ4v) is 2.88. The molecule has 2 aliphatic rings. The number of benzene rings is 1. The van der Waals surface area contributed by atoms with Gasteiger partial charge in [0.25, 0.3) is 0 Å². The molecule has 0 aromatic heterocycles. The number of piperazine rings is 1. The molecule has 104 valence electrons. The number of hydrogen-bond donors (Lipinski definition) is 1. The predicted molar refractivity (Wildman–Crippen MR) is 70.9 cm³/mol. The summed E-state index contributed by atoms with van der Waals surface area (Å²) >= 11 is 0. The van der Waals surface area contributed by atoms with Crippen LogP contribution < -0.4 is 5.32 Å². The Morgan fingerprint density at radius 2 is 1.89 bits per heavy atom. The highest BCUT2D eigenvalue weighted by Crippen LogP contribution is 2.40. The van der Waals surface area contributed by atoms with Gasteiger partial charge in [0.2, 0.25) is 0 Å². The van der Waals surface area contributed by atoms with E-state index >= 15 is 0 Å². The Balaban J connectivity index is 1.81. The van der Waals surface area contributed by atoms with E-state index in [1.165, 1.54) is 25.0 Å². The van der Waals surface area contributed by atoms with Gasteiger partial charge in [-0.15, -0.1) is 0 Å². The molecule has 1 aromatic rings. The summed E-state index contributed by atoms with van der Waals surface area (Å²) in [5.41, 5.74) is 0.924. The van der Waals surface area contributed by atoms with Crippen molar-refractivity contribution in [3.8, 4) is 0 Å². The zero-order valence-corrected chi connectivity index (χ0v) is 11.0. The molecule has 0 unspecified atom stereocenters. The van der Waals surface area contributed by atoms with Crippen LogP contribution in [0.3, 0.4) is 0 Å². The molecule has 1 aromatic carbocycles. The van der Waals surface area contributed by atoms with E-state index in [4.69, 9.17) is 0 Å². The Kier molecular flexibility index (Phi) is 3.80. The van der Waals surface area contributed by atoms with E-state index in [9.17, 15) is 8.78 Å². The second-order valence-corrected chi connectivity index (χ2v) is 5.65. The van der Waals surface area contributed by atoms with Crippen LogP contribution in [0.25, 0.3) is 0 Å². The molecule has 1 N–H and O–H groups in total.